The summed E-state index contributed by atoms with van der Waals surface area (Å²) in [5.74, 6) is 1.80. The summed E-state index contributed by atoms with van der Waals surface area (Å²) in [5.41, 5.74) is 8.56. The number of nitrogens with zero attached hydrogens (tertiary/aromatic N) is 5. The molecule has 0 unspecified atom stereocenters. The molecule has 1 aliphatic rings. The van der Waals surface area contributed by atoms with Gasteiger partial charge in [-0.2, -0.15) is 5.10 Å². The minimum absolute atomic E-state index is 0.00787. The van der Waals surface area contributed by atoms with Crippen LogP contribution in [0.25, 0.3) is 22.3 Å². The van der Waals surface area contributed by atoms with E-state index in [4.69, 9.17) is 15.6 Å². The van der Waals surface area contributed by atoms with Crippen LogP contribution in [0.3, 0.4) is 0 Å². The predicted octanol–water partition coefficient (Wildman–Crippen LogP) is 4.22. The first kappa shape index (κ1) is 20.7. The molecule has 5 rings (SSSR count). The van der Waals surface area contributed by atoms with E-state index in [2.05, 4.69) is 16.5 Å². The molecule has 166 valence electrons. The fourth-order valence-electron chi connectivity index (χ4n) is 4.29. The summed E-state index contributed by atoms with van der Waals surface area (Å²) in [6, 6.07) is 17.4. The average Bonchev–Trinajstić information content (AvgIpc) is 3.26. The van der Waals surface area contributed by atoms with Crippen LogP contribution in [0, 0.1) is 0 Å². The van der Waals surface area contributed by atoms with E-state index in [0.717, 1.165) is 35.6 Å². The molecule has 2 aromatic heterocycles. The number of hydrogen-bond acceptors (Lipinski definition) is 6. The minimum atomic E-state index is -0.0697. The maximum atomic E-state index is 12.2. The van der Waals surface area contributed by atoms with E-state index in [-0.39, 0.29) is 11.9 Å². The number of ether oxygens (including phenoxy) is 1. The van der Waals surface area contributed by atoms with Gasteiger partial charge in [0.1, 0.15) is 23.6 Å². The highest BCUT2D eigenvalue weighted by molar-refractivity contribution is 5.98. The van der Waals surface area contributed by atoms with Crippen LogP contribution in [-0.2, 0) is 4.79 Å². The standard InChI is InChI=1S/C25H24N6O2/c1-2-21(32)30-14-6-7-18(15-30)31-23(22-24(26)27-16-28-25(22)29-31)17-10-12-20(13-11-17)33-19-8-4-3-5-9-19/h2-5,8-13,16,18H,1,6-7,14-15H2,(H2,26,27,28,29)/t18-/m1/s1. The van der Waals surface area contributed by atoms with Gasteiger partial charge < -0.3 is 15.4 Å². The second-order valence-corrected chi connectivity index (χ2v) is 7.97. The molecule has 2 N–H and O–H groups in total. The van der Waals surface area contributed by atoms with Crippen molar-refractivity contribution in [1.82, 2.24) is 24.6 Å². The van der Waals surface area contributed by atoms with Gasteiger partial charge in [0, 0.05) is 18.7 Å². The molecule has 3 heterocycles. The molecule has 0 radical (unpaired) electrons. The summed E-state index contributed by atoms with van der Waals surface area (Å²) in [4.78, 5) is 22.6. The summed E-state index contributed by atoms with van der Waals surface area (Å²) in [5, 5.41) is 5.48. The highest BCUT2D eigenvalue weighted by Crippen LogP contribution is 2.36. The van der Waals surface area contributed by atoms with Gasteiger partial charge in [-0.15, -0.1) is 0 Å². The summed E-state index contributed by atoms with van der Waals surface area (Å²) >= 11 is 0. The highest BCUT2D eigenvalue weighted by Gasteiger charge is 2.28. The van der Waals surface area contributed by atoms with Crippen LogP contribution < -0.4 is 10.5 Å². The number of aromatic nitrogens is 4. The van der Waals surface area contributed by atoms with Crippen LogP contribution in [0.15, 0.2) is 73.6 Å². The molecule has 8 heteroatoms. The highest BCUT2D eigenvalue weighted by atomic mass is 16.5. The summed E-state index contributed by atoms with van der Waals surface area (Å²) in [6.07, 6.45) is 4.55. The molecule has 1 amide bonds. The third-order valence-corrected chi connectivity index (χ3v) is 5.86. The number of hydrogen-bond donors (Lipinski definition) is 1. The molecule has 0 bridgehead atoms. The number of carbonyl (C=O) groups excluding carboxylic acids is 1. The van der Waals surface area contributed by atoms with E-state index in [1.807, 2.05) is 64.2 Å². The second kappa shape index (κ2) is 8.74. The van der Waals surface area contributed by atoms with Crippen molar-refractivity contribution in [2.24, 2.45) is 0 Å². The zero-order valence-electron chi connectivity index (χ0n) is 18.1. The fraction of sp³-hybridized carbons (Fsp3) is 0.200. The van der Waals surface area contributed by atoms with Gasteiger partial charge in [-0.05, 0) is 55.3 Å². The Balaban J connectivity index is 1.54. The van der Waals surface area contributed by atoms with Crippen molar-refractivity contribution in [3.63, 3.8) is 0 Å². The van der Waals surface area contributed by atoms with Gasteiger partial charge in [-0.25, -0.2) is 9.97 Å². The van der Waals surface area contributed by atoms with Crippen LogP contribution in [0.1, 0.15) is 18.9 Å². The van der Waals surface area contributed by atoms with Crippen molar-refractivity contribution in [1.29, 1.82) is 0 Å². The van der Waals surface area contributed by atoms with Gasteiger partial charge in [-0.1, -0.05) is 24.8 Å². The lowest BCUT2D eigenvalue weighted by Gasteiger charge is -2.33. The molecule has 0 spiro atoms. The first-order valence-electron chi connectivity index (χ1n) is 10.9. The Bertz CT molecular complexity index is 1300. The second-order valence-electron chi connectivity index (χ2n) is 7.97. The van der Waals surface area contributed by atoms with Gasteiger partial charge in [0.15, 0.2) is 5.65 Å². The normalized spacial score (nSPS) is 16.0. The quantitative estimate of drug-likeness (QED) is 0.467. The zero-order chi connectivity index (χ0) is 22.8. The minimum Gasteiger partial charge on any atom is -0.457 e. The topological polar surface area (TPSA) is 99.2 Å². The van der Waals surface area contributed by atoms with Crippen molar-refractivity contribution >= 4 is 22.8 Å². The molecule has 8 nitrogen and oxygen atoms in total. The van der Waals surface area contributed by atoms with E-state index in [1.165, 1.54) is 12.4 Å². The summed E-state index contributed by atoms with van der Waals surface area (Å²) in [6.45, 7) is 4.89. The molecular weight excluding hydrogens is 416 g/mol. The summed E-state index contributed by atoms with van der Waals surface area (Å²) < 4.78 is 7.89. The lowest BCUT2D eigenvalue weighted by atomic mass is 10.0. The fourth-order valence-corrected chi connectivity index (χ4v) is 4.29. The van der Waals surface area contributed by atoms with Crippen molar-refractivity contribution in [2.75, 3.05) is 18.8 Å². The average molecular weight is 441 g/mol. The largest absolute Gasteiger partial charge is 0.457 e. The van der Waals surface area contributed by atoms with Crippen LogP contribution in [0.2, 0.25) is 0 Å². The Morgan fingerprint density at radius 2 is 1.85 bits per heavy atom. The smallest absolute Gasteiger partial charge is 0.246 e. The van der Waals surface area contributed by atoms with Gasteiger partial charge >= 0.3 is 0 Å². The molecular formula is C25H24N6O2. The maximum Gasteiger partial charge on any atom is 0.246 e. The van der Waals surface area contributed by atoms with Crippen LogP contribution in [0.4, 0.5) is 5.82 Å². The first-order valence-corrected chi connectivity index (χ1v) is 10.9. The third-order valence-electron chi connectivity index (χ3n) is 5.86. The molecule has 1 fully saturated rings. The van der Waals surface area contributed by atoms with E-state index in [1.54, 1.807) is 0 Å². The van der Waals surface area contributed by atoms with E-state index in [9.17, 15) is 4.79 Å². The van der Waals surface area contributed by atoms with Gasteiger partial charge in [0.05, 0.1) is 17.1 Å². The Morgan fingerprint density at radius 1 is 1.09 bits per heavy atom. The number of rotatable bonds is 5. The number of piperidine rings is 1. The van der Waals surface area contributed by atoms with Crippen molar-refractivity contribution in [3.05, 3.63) is 73.6 Å². The number of carbonyl (C=O) groups is 1. The number of likely N-dealkylation sites (tertiary alicyclic amines) is 1. The Hall–Kier alpha value is -4.20. The van der Waals surface area contributed by atoms with Crippen LogP contribution in [-0.4, -0.2) is 43.6 Å². The summed E-state index contributed by atoms with van der Waals surface area (Å²) in [7, 11) is 0. The van der Waals surface area contributed by atoms with Crippen molar-refractivity contribution < 1.29 is 9.53 Å². The van der Waals surface area contributed by atoms with Crippen molar-refractivity contribution in [2.45, 2.75) is 18.9 Å². The Labute approximate surface area is 191 Å². The van der Waals surface area contributed by atoms with E-state index >= 15 is 0 Å². The molecule has 1 aliphatic heterocycles. The molecule has 0 aliphatic carbocycles. The molecule has 33 heavy (non-hydrogen) atoms. The Kier molecular flexibility index (Phi) is 5.48. The molecule has 1 saturated heterocycles. The van der Waals surface area contributed by atoms with Crippen molar-refractivity contribution in [3.8, 4) is 22.8 Å². The number of benzene rings is 2. The SMILES string of the molecule is C=CC(=O)N1CCC[C@@H](n2nc3ncnc(N)c3c2-c2ccc(Oc3ccccc3)cc2)C1. The number of fused-ring (bicyclic) bond motifs is 1. The van der Waals surface area contributed by atoms with E-state index in [0.29, 0.717) is 29.9 Å². The van der Waals surface area contributed by atoms with E-state index < -0.39 is 0 Å². The number of anilines is 1. The van der Waals surface area contributed by atoms with Gasteiger partial charge in [-0.3, -0.25) is 9.48 Å². The molecule has 0 saturated carbocycles. The zero-order valence-corrected chi connectivity index (χ0v) is 18.1. The lowest BCUT2D eigenvalue weighted by molar-refractivity contribution is -0.127. The predicted molar refractivity (Wildman–Crippen MR) is 127 cm³/mol. The molecule has 1 atom stereocenters. The maximum absolute atomic E-state index is 12.2. The first-order chi connectivity index (χ1) is 16.1. The number of nitrogens with two attached hydrogens (primary N) is 1. The number of amides is 1. The molecule has 2 aromatic carbocycles. The number of nitrogen functional groups attached to an aromatic ring is 1. The van der Waals surface area contributed by atoms with Gasteiger partial charge in [0.2, 0.25) is 5.91 Å². The number of para-hydroxylation sites is 1. The lowest BCUT2D eigenvalue weighted by Crippen LogP contribution is -2.40. The monoisotopic (exact) mass is 440 g/mol. The molecule has 4 aromatic rings. The van der Waals surface area contributed by atoms with Gasteiger partial charge in [0.25, 0.3) is 0 Å². The Morgan fingerprint density at radius 3 is 2.61 bits per heavy atom. The third kappa shape index (κ3) is 4.03. The van der Waals surface area contributed by atoms with Crippen LogP contribution >= 0.6 is 0 Å². The van der Waals surface area contributed by atoms with Crippen LogP contribution in [0.5, 0.6) is 11.5 Å².